The summed E-state index contributed by atoms with van der Waals surface area (Å²) in [5.41, 5.74) is 3.40. The van der Waals surface area contributed by atoms with Crippen molar-refractivity contribution in [2.75, 3.05) is 6.54 Å². The lowest BCUT2D eigenvalue weighted by atomic mass is 10.0. The largest absolute Gasteiger partial charge is 0.477 e. The fourth-order valence-electron chi connectivity index (χ4n) is 4.07. The monoisotopic (exact) mass is 416 g/mol. The fraction of sp³-hybridized carbons (Fsp3) is 0.192. The van der Waals surface area contributed by atoms with Gasteiger partial charge in [0.1, 0.15) is 11.5 Å². The molecule has 0 fully saturated rings. The first-order valence-electron chi connectivity index (χ1n) is 10.4. The van der Waals surface area contributed by atoms with Gasteiger partial charge in [-0.1, -0.05) is 73.7 Å². The van der Waals surface area contributed by atoms with Crippen molar-refractivity contribution in [3.8, 4) is 0 Å². The third-order valence-corrected chi connectivity index (χ3v) is 5.69. The van der Waals surface area contributed by atoms with E-state index in [1.54, 1.807) is 22.8 Å². The minimum Gasteiger partial charge on any atom is -0.477 e. The van der Waals surface area contributed by atoms with Crippen molar-refractivity contribution < 1.29 is 14.3 Å². The van der Waals surface area contributed by atoms with Gasteiger partial charge in [-0.2, -0.15) is 0 Å². The van der Waals surface area contributed by atoms with Gasteiger partial charge < -0.3 is 15.0 Å². The van der Waals surface area contributed by atoms with Gasteiger partial charge in [0.25, 0.3) is 0 Å². The van der Waals surface area contributed by atoms with E-state index < -0.39 is 5.97 Å². The van der Waals surface area contributed by atoms with E-state index >= 15 is 0 Å². The van der Waals surface area contributed by atoms with E-state index in [1.165, 1.54) is 11.6 Å². The molecular weight excluding hydrogens is 391 g/mol. The molecule has 0 aliphatic carbocycles. The second-order valence-electron chi connectivity index (χ2n) is 7.77. The molecule has 31 heavy (non-hydrogen) atoms. The number of carboxylic acid groups (broad SMARTS) is 1. The molecule has 0 aliphatic rings. The Morgan fingerprint density at radius 2 is 1.68 bits per heavy atom. The van der Waals surface area contributed by atoms with Crippen LogP contribution in [-0.4, -0.2) is 22.2 Å². The molecule has 2 N–H and O–H groups in total. The summed E-state index contributed by atoms with van der Waals surface area (Å²) in [7, 11) is 0. The number of fused-ring (bicyclic) bond motifs is 1. The van der Waals surface area contributed by atoms with Crippen LogP contribution in [0, 0.1) is 5.82 Å². The molecule has 0 unspecified atom stereocenters. The molecule has 0 saturated carbocycles. The van der Waals surface area contributed by atoms with Crippen LogP contribution in [0.1, 0.15) is 40.0 Å². The number of nitrogens with zero attached hydrogens (tertiary/aromatic N) is 1. The Morgan fingerprint density at radius 1 is 1.00 bits per heavy atom. The summed E-state index contributed by atoms with van der Waals surface area (Å²) in [6, 6.07) is 24.3. The van der Waals surface area contributed by atoms with Crippen LogP contribution in [0.5, 0.6) is 0 Å². The number of benzene rings is 3. The number of aromatic nitrogens is 1. The van der Waals surface area contributed by atoms with Crippen LogP contribution in [0.4, 0.5) is 4.39 Å². The van der Waals surface area contributed by atoms with Gasteiger partial charge in [-0.05, 0) is 23.6 Å². The maximum atomic E-state index is 14.3. The predicted octanol–water partition coefficient (Wildman–Crippen LogP) is 5.42. The second-order valence-corrected chi connectivity index (χ2v) is 7.77. The number of nitrogens with one attached hydrogen (secondary N) is 1. The van der Waals surface area contributed by atoms with Gasteiger partial charge in [0, 0.05) is 35.1 Å². The number of hydrogen-bond donors (Lipinski definition) is 2. The Morgan fingerprint density at radius 3 is 2.42 bits per heavy atom. The normalized spacial score (nSPS) is 12.2. The number of carboxylic acids is 1. The van der Waals surface area contributed by atoms with Gasteiger partial charge in [-0.15, -0.1) is 0 Å². The molecule has 3 aromatic carbocycles. The van der Waals surface area contributed by atoms with Crippen LogP contribution in [0.2, 0.25) is 0 Å². The van der Waals surface area contributed by atoms with Crippen molar-refractivity contribution in [3.63, 3.8) is 0 Å². The van der Waals surface area contributed by atoms with Crippen molar-refractivity contribution >= 4 is 16.9 Å². The summed E-state index contributed by atoms with van der Waals surface area (Å²) >= 11 is 0. The smallest absolute Gasteiger partial charge is 0.352 e. The van der Waals surface area contributed by atoms with Crippen molar-refractivity contribution in [1.82, 2.24) is 9.88 Å². The van der Waals surface area contributed by atoms with E-state index in [9.17, 15) is 14.3 Å². The van der Waals surface area contributed by atoms with Gasteiger partial charge >= 0.3 is 5.97 Å². The van der Waals surface area contributed by atoms with Gasteiger partial charge in [0.05, 0.1) is 6.54 Å². The van der Waals surface area contributed by atoms with E-state index in [4.69, 9.17) is 0 Å². The SMILES string of the molecule is C[C@H](CNCc1c(C(=O)O)n(Cc2ccccc2F)c2ccccc12)c1ccccc1. The van der Waals surface area contributed by atoms with Crippen LogP contribution in [0.15, 0.2) is 78.9 Å². The van der Waals surface area contributed by atoms with Crippen LogP contribution in [0.3, 0.4) is 0 Å². The van der Waals surface area contributed by atoms with Crippen LogP contribution < -0.4 is 5.32 Å². The Bertz CT molecular complexity index is 1200. The summed E-state index contributed by atoms with van der Waals surface area (Å²) in [6.07, 6.45) is 0. The minimum atomic E-state index is -1.01. The lowest BCUT2D eigenvalue weighted by Gasteiger charge is -2.14. The van der Waals surface area contributed by atoms with E-state index in [0.717, 1.165) is 23.0 Å². The fourth-order valence-corrected chi connectivity index (χ4v) is 4.07. The lowest BCUT2D eigenvalue weighted by Crippen LogP contribution is -2.21. The maximum Gasteiger partial charge on any atom is 0.352 e. The highest BCUT2D eigenvalue weighted by Gasteiger charge is 2.22. The Balaban J connectivity index is 1.66. The van der Waals surface area contributed by atoms with Crippen molar-refractivity contribution in [3.05, 3.63) is 107 Å². The third kappa shape index (κ3) is 4.37. The molecule has 4 nitrogen and oxygen atoms in total. The Labute approximate surface area is 181 Å². The number of carbonyl (C=O) groups is 1. The topological polar surface area (TPSA) is 54.3 Å². The number of aromatic carboxylic acids is 1. The number of hydrogen-bond acceptors (Lipinski definition) is 2. The first kappa shape index (κ1) is 20.8. The van der Waals surface area contributed by atoms with Crippen molar-refractivity contribution in [1.29, 1.82) is 0 Å². The number of para-hydroxylation sites is 1. The molecule has 0 amide bonds. The summed E-state index contributed by atoms with van der Waals surface area (Å²) in [6.45, 7) is 3.44. The minimum absolute atomic E-state index is 0.162. The van der Waals surface area contributed by atoms with E-state index in [2.05, 4.69) is 24.4 Å². The average Bonchev–Trinajstić information content (AvgIpc) is 3.09. The second kappa shape index (κ2) is 9.14. The average molecular weight is 416 g/mol. The van der Waals surface area contributed by atoms with Crippen LogP contribution in [-0.2, 0) is 13.1 Å². The van der Waals surface area contributed by atoms with E-state index in [0.29, 0.717) is 18.0 Å². The highest BCUT2D eigenvalue weighted by Crippen LogP contribution is 2.28. The molecule has 0 spiro atoms. The van der Waals surface area contributed by atoms with Crippen molar-refractivity contribution in [2.45, 2.75) is 25.9 Å². The van der Waals surface area contributed by atoms with Gasteiger partial charge in [0.15, 0.2) is 0 Å². The lowest BCUT2D eigenvalue weighted by molar-refractivity contribution is 0.0684. The highest BCUT2D eigenvalue weighted by molar-refractivity contribution is 5.98. The van der Waals surface area contributed by atoms with E-state index in [1.807, 2.05) is 42.5 Å². The first-order chi connectivity index (χ1) is 15.1. The molecule has 1 aromatic heterocycles. The Kier molecular flexibility index (Phi) is 6.14. The molecule has 0 aliphatic heterocycles. The zero-order valence-electron chi connectivity index (χ0n) is 17.4. The molecule has 4 aromatic rings. The summed E-state index contributed by atoms with van der Waals surface area (Å²) in [5.74, 6) is -1.06. The maximum absolute atomic E-state index is 14.3. The highest BCUT2D eigenvalue weighted by atomic mass is 19.1. The molecule has 0 bridgehead atoms. The van der Waals surface area contributed by atoms with Crippen LogP contribution in [0.25, 0.3) is 10.9 Å². The molecule has 0 saturated heterocycles. The zero-order valence-corrected chi connectivity index (χ0v) is 17.4. The van der Waals surface area contributed by atoms with Crippen molar-refractivity contribution in [2.24, 2.45) is 0 Å². The molecule has 4 rings (SSSR count). The molecule has 1 heterocycles. The summed E-state index contributed by atoms with van der Waals surface area (Å²) in [5, 5.41) is 14.3. The van der Waals surface area contributed by atoms with E-state index in [-0.39, 0.29) is 18.1 Å². The van der Waals surface area contributed by atoms with Crippen LogP contribution >= 0.6 is 0 Å². The zero-order chi connectivity index (χ0) is 21.8. The van der Waals surface area contributed by atoms with Gasteiger partial charge in [-0.25, -0.2) is 9.18 Å². The molecule has 5 heteroatoms. The quantitative estimate of drug-likeness (QED) is 0.403. The molecule has 1 atom stereocenters. The summed E-state index contributed by atoms with van der Waals surface area (Å²) in [4.78, 5) is 12.3. The number of halogens is 1. The summed E-state index contributed by atoms with van der Waals surface area (Å²) < 4.78 is 16.0. The standard InChI is InChI=1S/C26H25FN2O2/c1-18(19-9-3-2-4-10-19)15-28-16-22-21-12-6-8-14-24(21)29(25(22)26(30)31)17-20-11-5-7-13-23(20)27/h2-14,18,28H,15-17H2,1H3,(H,30,31)/t18-/m1/s1. The third-order valence-electron chi connectivity index (χ3n) is 5.69. The predicted molar refractivity (Wildman–Crippen MR) is 121 cm³/mol. The molecular formula is C26H25FN2O2. The van der Waals surface area contributed by atoms with Gasteiger partial charge in [0.2, 0.25) is 0 Å². The molecule has 0 radical (unpaired) electrons. The first-order valence-corrected chi connectivity index (χ1v) is 10.4. The van der Waals surface area contributed by atoms with Gasteiger partial charge in [-0.3, -0.25) is 0 Å². The molecule has 158 valence electrons. The number of rotatable bonds is 8. The Hall–Kier alpha value is -3.44.